The fourth-order valence-corrected chi connectivity index (χ4v) is 2.38. The Bertz CT molecular complexity index is 443. The quantitative estimate of drug-likeness (QED) is 0.627. The third kappa shape index (κ3) is 5.48. The number of hydrogen-bond acceptors (Lipinski definition) is 3. The van der Waals surface area contributed by atoms with Crippen molar-refractivity contribution in [2.24, 2.45) is 0 Å². The van der Waals surface area contributed by atoms with Crippen LogP contribution in [-0.2, 0) is 16.8 Å². The van der Waals surface area contributed by atoms with Gasteiger partial charge in [0.05, 0.1) is 0 Å². The van der Waals surface area contributed by atoms with Gasteiger partial charge in [-0.1, -0.05) is 26.0 Å². The minimum absolute atomic E-state index is 0.369. The van der Waals surface area contributed by atoms with Crippen LogP contribution in [0.1, 0.15) is 25.8 Å². The Balaban J connectivity index is 2.55. The van der Waals surface area contributed by atoms with Crippen LogP contribution in [0.5, 0.6) is 0 Å². The monoisotopic (exact) mass is 271 g/mol. The molecule has 1 rings (SSSR count). The van der Waals surface area contributed by atoms with E-state index in [0.717, 1.165) is 25.1 Å². The molecule has 0 fully saturated rings. The molecule has 0 atom stereocenters. The lowest BCUT2D eigenvalue weighted by Gasteiger charge is -2.09. The van der Waals surface area contributed by atoms with Gasteiger partial charge in [-0.25, -0.2) is 0 Å². The van der Waals surface area contributed by atoms with E-state index in [2.05, 4.69) is 21.7 Å². The van der Waals surface area contributed by atoms with Gasteiger partial charge in [0.2, 0.25) is 0 Å². The highest BCUT2D eigenvalue weighted by Gasteiger charge is 2.06. The van der Waals surface area contributed by atoms with E-state index >= 15 is 0 Å². The van der Waals surface area contributed by atoms with Gasteiger partial charge in [-0.15, -0.1) is 0 Å². The summed E-state index contributed by atoms with van der Waals surface area (Å²) >= 11 is 0. The van der Waals surface area contributed by atoms with Gasteiger partial charge in [0.1, 0.15) is 0 Å². The van der Waals surface area contributed by atoms with Crippen LogP contribution in [0.2, 0.25) is 0 Å². The predicted molar refractivity (Wildman–Crippen MR) is 74.7 cm³/mol. The van der Waals surface area contributed by atoms with Gasteiger partial charge < -0.3 is 5.32 Å². The van der Waals surface area contributed by atoms with E-state index in [-0.39, 0.29) is 0 Å². The summed E-state index contributed by atoms with van der Waals surface area (Å²) in [5.74, 6) is 0. The van der Waals surface area contributed by atoms with Crippen LogP contribution in [0.4, 0.5) is 5.69 Å². The Hall–Kier alpha value is -1.11. The van der Waals surface area contributed by atoms with Crippen molar-refractivity contribution in [3.05, 3.63) is 29.8 Å². The molecule has 0 aliphatic heterocycles. The molecule has 0 heterocycles. The molecule has 0 saturated carbocycles. The molecule has 0 spiro atoms. The van der Waals surface area contributed by atoms with E-state index in [1.165, 1.54) is 0 Å². The first-order chi connectivity index (χ1) is 8.57. The summed E-state index contributed by atoms with van der Waals surface area (Å²) in [5.41, 5.74) is 1.70. The van der Waals surface area contributed by atoms with Crippen LogP contribution in [0, 0.1) is 0 Å². The Kier molecular flexibility index (Phi) is 6.11. The average Bonchev–Trinajstić information content (AvgIpc) is 2.31. The standard InChI is InChI=1S/C12H21N3O2S/c1-3-9-13-10-11-5-7-12(8-6-11)15-18(16,17)14-4-2/h5-8,13-15H,3-4,9-10H2,1-2H3. The third-order valence-corrected chi connectivity index (χ3v) is 3.47. The van der Waals surface area contributed by atoms with Crippen LogP contribution in [0.15, 0.2) is 24.3 Å². The summed E-state index contributed by atoms with van der Waals surface area (Å²) in [6, 6.07) is 7.34. The lowest BCUT2D eigenvalue weighted by molar-refractivity contribution is 0.589. The molecular weight excluding hydrogens is 250 g/mol. The fourth-order valence-electron chi connectivity index (χ4n) is 1.48. The summed E-state index contributed by atoms with van der Waals surface area (Å²) < 4.78 is 27.8. The molecule has 6 heteroatoms. The fraction of sp³-hybridized carbons (Fsp3) is 0.500. The molecule has 0 saturated heterocycles. The van der Waals surface area contributed by atoms with E-state index in [1.54, 1.807) is 19.1 Å². The van der Waals surface area contributed by atoms with Gasteiger partial charge in [-0.2, -0.15) is 13.1 Å². The largest absolute Gasteiger partial charge is 0.313 e. The molecule has 3 N–H and O–H groups in total. The van der Waals surface area contributed by atoms with Gasteiger partial charge >= 0.3 is 0 Å². The highest BCUT2D eigenvalue weighted by atomic mass is 32.2. The molecule has 5 nitrogen and oxygen atoms in total. The highest BCUT2D eigenvalue weighted by Crippen LogP contribution is 2.10. The SMILES string of the molecule is CCCNCc1ccc(NS(=O)(=O)NCC)cc1. The maximum absolute atomic E-state index is 11.5. The second kappa shape index (κ2) is 7.35. The van der Waals surface area contributed by atoms with E-state index in [1.807, 2.05) is 12.1 Å². The van der Waals surface area contributed by atoms with Crippen LogP contribution >= 0.6 is 0 Å². The van der Waals surface area contributed by atoms with E-state index in [4.69, 9.17) is 0 Å². The number of anilines is 1. The Morgan fingerprint density at radius 1 is 1.11 bits per heavy atom. The molecule has 0 aromatic heterocycles. The Labute approximate surface area is 109 Å². The van der Waals surface area contributed by atoms with Crippen LogP contribution in [0.3, 0.4) is 0 Å². The van der Waals surface area contributed by atoms with Gasteiger partial charge in [0, 0.05) is 18.8 Å². The molecule has 1 aromatic carbocycles. The number of rotatable bonds is 8. The molecule has 18 heavy (non-hydrogen) atoms. The molecule has 0 unspecified atom stereocenters. The minimum atomic E-state index is -3.43. The topological polar surface area (TPSA) is 70.2 Å². The lowest BCUT2D eigenvalue weighted by atomic mass is 10.2. The van der Waals surface area contributed by atoms with Gasteiger partial charge in [0.15, 0.2) is 0 Å². The molecule has 0 bridgehead atoms. The van der Waals surface area contributed by atoms with Crippen molar-refractivity contribution in [2.75, 3.05) is 17.8 Å². The van der Waals surface area contributed by atoms with Gasteiger partial charge in [-0.05, 0) is 30.7 Å². The number of benzene rings is 1. The molecule has 1 aromatic rings. The van der Waals surface area contributed by atoms with Crippen molar-refractivity contribution in [3.63, 3.8) is 0 Å². The summed E-state index contributed by atoms with van der Waals surface area (Å²) in [4.78, 5) is 0. The molecule has 0 amide bonds. The molecule has 0 radical (unpaired) electrons. The van der Waals surface area contributed by atoms with Crippen molar-refractivity contribution in [1.82, 2.24) is 10.0 Å². The normalized spacial score (nSPS) is 11.4. The van der Waals surface area contributed by atoms with E-state index < -0.39 is 10.2 Å². The highest BCUT2D eigenvalue weighted by molar-refractivity contribution is 7.90. The first-order valence-electron chi connectivity index (χ1n) is 6.14. The Morgan fingerprint density at radius 2 is 1.78 bits per heavy atom. The summed E-state index contributed by atoms with van der Waals surface area (Å²) in [7, 11) is -3.43. The second-order valence-corrected chi connectivity index (χ2v) is 5.48. The number of hydrogen-bond donors (Lipinski definition) is 3. The van der Waals surface area contributed by atoms with Crippen LogP contribution < -0.4 is 14.8 Å². The molecular formula is C12H21N3O2S. The first-order valence-corrected chi connectivity index (χ1v) is 7.62. The lowest BCUT2D eigenvalue weighted by Crippen LogP contribution is -2.29. The van der Waals surface area contributed by atoms with Gasteiger partial charge in [-0.3, -0.25) is 4.72 Å². The van der Waals surface area contributed by atoms with E-state index in [0.29, 0.717) is 12.2 Å². The summed E-state index contributed by atoms with van der Waals surface area (Å²) in [5, 5.41) is 3.29. The molecule has 102 valence electrons. The van der Waals surface area contributed by atoms with Crippen molar-refractivity contribution in [1.29, 1.82) is 0 Å². The maximum atomic E-state index is 11.5. The minimum Gasteiger partial charge on any atom is -0.313 e. The van der Waals surface area contributed by atoms with Crippen molar-refractivity contribution < 1.29 is 8.42 Å². The Morgan fingerprint density at radius 3 is 2.33 bits per heavy atom. The zero-order valence-electron chi connectivity index (χ0n) is 10.9. The zero-order valence-corrected chi connectivity index (χ0v) is 11.7. The van der Waals surface area contributed by atoms with Crippen molar-refractivity contribution in [3.8, 4) is 0 Å². The van der Waals surface area contributed by atoms with Crippen molar-refractivity contribution in [2.45, 2.75) is 26.8 Å². The summed E-state index contributed by atoms with van der Waals surface area (Å²) in [6.45, 7) is 6.00. The number of nitrogens with one attached hydrogen (secondary N) is 3. The smallest absolute Gasteiger partial charge is 0.299 e. The van der Waals surface area contributed by atoms with Crippen molar-refractivity contribution >= 4 is 15.9 Å². The maximum Gasteiger partial charge on any atom is 0.299 e. The summed E-state index contributed by atoms with van der Waals surface area (Å²) in [6.07, 6.45) is 1.10. The predicted octanol–water partition coefficient (Wildman–Crippen LogP) is 1.45. The first kappa shape index (κ1) is 14.9. The third-order valence-electron chi connectivity index (χ3n) is 2.30. The van der Waals surface area contributed by atoms with Gasteiger partial charge in [0.25, 0.3) is 10.2 Å². The zero-order chi connectivity index (χ0) is 13.4. The van der Waals surface area contributed by atoms with Crippen LogP contribution in [-0.4, -0.2) is 21.5 Å². The van der Waals surface area contributed by atoms with Crippen LogP contribution in [0.25, 0.3) is 0 Å². The molecule has 0 aliphatic carbocycles. The average molecular weight is 271 g/mol. The van der Waals surface area contributed by atoms with E-state index in [9.17, 15) is 8.42 Å². The second-order valence-electron chi connectivity index (χ2n) is 3.98. The molecule has 0 aliphatic rings.